The van der Waals surface area contributed by atoms with Crippen LogP contribution in [0.5, 0.6) is 0 Å². The Kier molecular flexibility index (Phi) is 3.98. The smallest absolute Gasteiger partial charge is 0.0897 e. The summed E-state index contributed by atoms with van der Waals surface area (Å²) in [5.74, 6) is 0. The van der Waals surface area contributed by atoms with Crippen LogP contribution in [-0.2, 0) is 0 Å². The summed E-state index contributed by atoms with van der Waals surface area (Å²) >= 11 is 0. The maximum atomic E-state index is 9.24. The van der Waals surface area contributed by atoms with Gasteiger partial charge >= 0.3 is 0 Å². The van der Waals surface area contributed by atoms with Gasteiger partial charge in [0, 0.05) is 12.6 Å². The van der Waals surface area contributed by atoms with Crippen LogP contribution in [0.2, 0.25) is 0 Å². The average molecular weight is 173 g/mol. The maximum Gasteiger partial charge on any atom is 0.0897 e. The molecule has 72 valence electrons. The van der Waals surface area contributed by atoms with E-state index >= 15 is 0 Å². The summed E-state index contributed by atoms with van der Waals surface area (Å²) in [6, 6.07) is 0.686. The standard InChI is InChI=1S/C9H19NO2/c1-2-5-10(8-3-4-8)6-9(12)7-11/h8-9,11-12H,2-7H2,1H3. The van der Waals surface area contributed by atoms with Gasteiger partial charge in [0.2, 0.25) is 0 Å². The summed E-state index contributed by atoms with van der Waals surface area (Å²) in [4.78, 5) is 2.28. The Balaban J connectivity index is 2.22. The molecule has 0 radical (unpaired) electrons. The van der Waals surface area contributed by atoms with Crippen molar-refractivity contribution in [1.82, 2.24) is 4.90 Å². The van der Waals surface area contributed by atoms with E-state index in [1.807, 2.05) is 0 Å². The molecule has 1 rings (SSSR count). The van der Waals surface area contributed by atoms with E-state index < -0.39 is 6.10 Å². The van der Waals surface area contributed by atoms with Gasteiger partial charge in [0.15, 0.2) is 0 Å². The van der Waals surface area contributed by atoms with E-state index in [2.05, 4.69) is 11.8 Å². The zero-order valence-corrected chi connectivity index (χ0v) is 7.74. The summed E-state index contributed by atoms with van der Waals surface area (Å²) in [5, 5.41) is 17.9. The third-order valence-corrected chi connectivity index (χ3v) is 2.23. The quantitative estimate of drug-likeness (QED) is 0.603. The molecule has 0 aliphatic heterocycles. The Morgan fingerprint density at radius 2 is 2.17 bits per heavy atom. The van der Waals surface area contributed by atoms with Crippen LogP contribution in [0.25, 0.3) is 0 Å². The molecule has 0 amide bonds. The van der Waals surface area contributed by atoms with Gasteiger partial charge in [-0.15, -0.1) is 0 Å². The monoisotopic (exact) mass is 173 g/mol. The fourth-order valence-electron chi connectivity index (χ4n) is 1.48. The van der Waals surface area contributed by atoms with Crippen LogP contribution in [0.15, 0.2) is 0 Å². The predicted octanol–water partition coefficient (Wildman–Crippen LogP) is 0.214. The number of nitrogens with zero attached hydrogens (tertiary/aromatic N) is 1. The van der Waals surface area contributed by atoms with Crippen LogP contribution < -0.4 is 0 Å². The van der Waals surface area contributed by atoms with Gasteiger partial charge in [0.05, 0.1) is 12.7 Å². The van der Waals surface area contributed by atoms with Crippen molar-refractivity contribution in [3.63, 3.8) is 0 Å². The van der Waals surface area contributed by atoms with Gasteiger partial charge < -0.3 is 10.2 Å². The van der Waals surface area contributed by atoms with E-state index in [-0.39, 0.29) is 6.61 Å². The molecular weight excluding hydrogens is 154 g/mol. The molecule has 3 nitrogen and oxygen atoms in total. The first-order chi connectivity index (χ1) is 5.77. The Bertz CT molecular complexity index is 126. The fourth-order valence-corrected chi connectivity index (χ4v) is 1.48. The summed E-state index contributed by atoms with van der Waals surface area (Å²) in [5.41, 5.74) is 0. The van der Waals surface area contributed by atoms with Crippen LogP contribution in [0.4, 0.5) is 0 Å². The van der Waals surface area contributed by atoms with Crippen LogP contribution in [0.3, 0.4) is 0 Å². The maximum absolute atomic E-state index is 9.24. The molecule has 0 bridgehead atoms. The summed E-state index contributed by atoms with van der Waals surface area (Å²) in [7, 11) is 0. The molecule has 0 aromatic heterocycles. The highest BCUT2D eigenvalue weighted by Crippen LogP contribution is 2.26. The van der Waals surface area contributed by atoms with E-state index in [1.165, 1.54) is 12.8 Å². The molecule has 1 atom stereocenters. The number of hydrogen-bond donors (Lipinski definition) is 2. The third kappa shape index (κ3) is 3.09. The van der Waals surface area contributed by atoms with Gasteiger partial charge in [-0.05, 0) is 25.8 Å². The molecule has 12 heavy (non-hydrogen) atoms. The lowest BCUT2D eigenvalue weighted by atomic mass is 10.3. The first kappa shape index (κ1) is 9.96. The highest BCUT2D eigenvalue weighted by atomic mass is 16.3. The molecule has 3 heteroatoms. The normalized spacial score (nSPS) is 20.0. The number of hydrogen-bond acceptors (Lipinski definition) is 3. The molecule has 1 aliphatic carbocycles. The van der Waals surface area contributed by atoms with Crippen molar-refractivity contribution < 1.29 is 10.2 Å². The van der Waals surface area contributed by atoms with Crippen LogP contribution >= 0.6 is 0 Å². The minimum absolute atomic E-state index is 0.118. The van der Waals surface area contributed by atoms with E-state index in [1.54, 1.807) is 0 Å². The molecule has 2 N–H and O–H groups in total. The van der Waals surface area contributed by atoms with Crippen molar-refractivity contribution in [2.24, 2.45) is 0 Å². The van der Waals surface area contributed by atoms with Gasteiger partial charge in [-0.1, -0.05) is 6.92 Å². The molecule has 1 fully saturated rings. The van der Waals surface area contributed by atoms with Crippen LogP contribution in [-0.4, -0.2) is 47.0 Å². The van der Waals surface area contributed by atoms with Crippen molar-refractivity contribution >= 4 is 0 Å². The summed E-state index contributed by atoms with van der Waals surface area (Å²) in [6.07, 6.45) is 3.09. The van der Waals surface area contributed by atoms with Crippen molar-refractivity contribution in [3.05, 3.63) is 0 Å². The average Bonchev–Trinajstić information content (AvgIpc) is 2.86. The second-order valence-corrected chi connectivity index (χ2v) is 3.56. The fraction of sp³-hybridized carbons (Fsp3) is 1.00. The lowest BCUT2D eigenvalue weighted by Crippen LogP contribution is -2.36. The largest absolute Gasteiger partial charge is 0.394 e. The third-order valence-electron chi connectivity index (χ3n) is 2.23. The molecule has 0 heterocycles. The first-order valence-corrected chi connectivity index (χ1v) is 4.81. The topological polar surface area (TPSA) is 43.7 Å². The van der Waals surface area contributed by atoms with E-state index in [0.29, 0.717) is 12.6 Å². The molecule has 1 saturated carbocycles. The lowest BCUT2D eigenvalue weighted by Gasteiger charge is -2.23. The zero-order chi connectivity index (χ0) is 8.97. The molecule has 0 aromatic carbocycles. The second-order valence-electron chi connectivity index (χ2n) is 3.56. The van der Waals surface area contributed by atoms with Gasteiger partial charge in [-0.25, -0.2) is 0 Å². The molecule has 0 spiro atoms. The Labute approximate surface area is 74.0 Å². The number of aliphatic hydroxyl groups excluding tert-OH is 2. The van der Waals surface area contributed by atoms with Gasteiger partial charge in [0.25, 0.3) is 0 Å². The molecule has 1 unspecified atom stereocenters. The SMILES string of the molecule is CCCN(CC(O)CO)C1CC1. The lowest BCUT2D eigenvalue weighted by molar-refractivity contribution is 0.0566. The minimum Gasteiger partial charge on any atom is -0.394 e. The van der Waals surface area contributed by atoms with Gasteiger partial charge in [0.1, 0.15) is 0 Å². The summed E-state index contributed by atoms with van der Waals surface area (Å²) in [6.45, 7) is 3.70. The Hall–Kier alpha value is -0.120. The van der Waals surface area contributed by atoms with Crippen LogP contribution in [0.1, 0.15) is 26.2 Å². The first-order valence-electron chi connectivity index (χ1n) is 4.81. The Morgan fingerprint density at radius 3 is 2.58 bits per heavy atom. The van der Waals surface area contributed by atoms with Crippen molar-refractivity contribution in [2.75, 3.05) is 19.7 Å². The zero-order valence-electron chi connectivity index (χ0n) is 7.74. The van der Waals surface area contributed by atoms with Crippen LogP contribution in [0, 0.1) is 0 Å². The van der Waals surface area contributed by atoms with Crippen molar-refractivity contribution in [2.45, 2.75) is 38.3 Å². The molecular formula is C9H19NO2. The van der Waals surface area contributed by atoms with E-state index in [9.17, 15) is 5.11 Å². The number of aliphatic hydroxyl groups is 2. The van der Waals surface area contributed by atoms with Gasteiger partial charge in [-0.3, -0.25) is 4.90 Å². The minimum atomic E-state index is -0.558. The van der Waals surface area contributed by atoms with E-state index in [4.69, 9.17) is 5.11 Å². The van der Waals surface area contributed by atoms with Crippen molar-refractivity contribution in [1.29, 1.82) is 0 Å². The van der Waals surface area contributed by atoms with Gasteiger partial charge in [-0.2, -0.15) is 0 Å². The van der Waals surface area contributed by atoms with Crippen molar-refractivity contribution in [3.8, 4) is 0 Å². The molecule has 0 saturated heterocycles. The highest BCUT2D eigenvalue weighted by Gasteiger charge is 2.29. The number of rotatable bonds is 6. The predicted molar refractivity (Wildman–Crippen MR) is 48.0 cm³/mol. The van der Waals surface area contributed by atoms with E-state index in [0.717, 1.165) is 13.0 Å². The summed E-state index contributed by atoms with van der Waals surface area (Å²) < 4.78 is 0. The highest BCUT2D eigenvalue weighted by molar-refractivity contribution is 4.85. The molecule has 0 aromatic rings. The Morgan fingerprint density at radius 1 is 1.50 bits per heavy atom. The molecule has 1 aliphatic rings. The second kappa shape index (κ2) is 4.80.